The number of likely N-dealkylation sites (tertiary alicyclic amines) is 1. The normalized spacial score (nSPS) is 15.9. The summed E-state index contributed by atoms with van der Waals surface area (Å²) in [6.45, 7) is 0.776. The second-order valence-electron chi connectivity index (χ2n) is 6.67. The van der Waals surface area contributed by atoms with E-state index in [0.29, 0.717) is 11.3 Å². The fourth-order valence-corrected chi connectivity index (χ4v) is 3.35. The number of carbonyl (C=O) groups is 3. The minimum absolute atomic E-state index is 0.0242. The molecule has 1 aliphatic rings. The molecule has 0 aromatic heterocycles. The van der Waals surface area contributed by atoms with Crippen LogP contribution in [0.3, 0.4) is 0 Å². The predicted octanol–water partition coefficient (Wildman–Crippen LogP) is 3.26. The van der Waals surface area contributed by atoms with E-state index in [1.807, 2.05) is 35.2 Å². The lowest BCUT2D eigenvalue weighted by Gasteiger charge is -2.25. The van der Waals surface area contributed by atoms with Crippen LogP contribution in [0.1, 0.15) is 41.2 Å². The zero-order chi connectivity index (χ0) is 19.9. The highest BCUT2D eigenvalue weighted by Gasteiger charge is 2.30. The Morgan fingerprint density at radius 3 is 2.43 bits per heavy atom. The van der Waals surface area contributed by atoms with E-state index in [4.69, 9.17) is 5.11 Å². The van der Waals surface area contributed by atoms with Gasteiger partial charge in [0, 0.05) is 24.3 Å². The molecular formula is C21H23N3O4. The summed E-state index contributed by atoms with van der Waals surface area (Å²) in [6.07, 6.45) is 1.78. The highest BCUT2D eigenvalue weighted by atomic mass is 16.4. The van der Waals surface area contributed by atoms with Crippen molar-refractivity contribution in [3.63, 3.8) is 0 Å². The summed E-state index contributed by atoms with van der Waals surface area (Å²) in [5.41, 5.74) is 2.25. The first kappa shape index (κ1) is 19.4. The molecule has 1 saturated heterocycles. The topological polar surface area (TPSA) is 98.7 Å². The summed E-state index contributed by atoms with van der Waals surface area (Å²) in [7, 11) is 0. The van der Waals surface area contributed by atoms with Gasteiger partial charge in [-0.25, -0.2) is 4.79 Å². The lowest BCUT2D eigenvalue weighted by atomic mass is 10.0. The van der Waals surface area contributed by atoms with Crippen molar-refractivity contribution in [2.24, 2.45) is 0 Å². The molecule has 0 aliphatic carbocycles. The Kier molecular flexibility index (Phi) is 6.26. The molecule has 28 heavy (non-hydrogen) atoms. The zero-order valence-corrected chi connectivity index (χ0v) is 15.4. The van der Waals surface area contributed by atoms with E-state index >= 15 is 0 Å². The standard InChI is InChI=1S/C21H23N3O4/c25-19(26)12-13-22-21(28)23-17-10-8-16(9-11-17)20(27)24-14-4-7-18(24)15-5-2-1-3-6-15/h1-3,5-6,8-11,18H,4,7,12-14H2,(H,25,26)(H2,22,23,28). The predicted molar refractivity (Wildman–Crippen MR) is 105 cm³/mol. The van der Waals surface area contributed by atoms with Crippen molar-refractivity contribution in [2.75, 3.05) is 18.4 Å². The largest absolute Gasteiger partial charge is 0.481 e. The molecule has 1 unspecified atom stereocenters. The first-order chi connectivity index (χ1) is 13.5. The Labute approximate surface area is 163 Å². The van der Waals surface area contributed by atoms with Crippen LogP contribution in [-0.4, -0.2) is 41.0 Å². The highest BCUT2D eigenvalue weighted by Crippen LogP contribution is 2.33. The van der Waals surface area contributed by atoms with E-state index < -0.39 is 12.0 Å². The third-order valence-corrected chi connectivity index (χ3v) is 4.71. The quantitative estimate of drug-likeness (QED) is 0.715. The molecule has 1 aliphatic heterocycles. The van der Waals surface area contributed by atoms with Crippen LogP contribution in [0.5, 0.6) is 0 Å². The molecule has 0 radical (unpaired) electrons. The summed E-state index contributed by atoms with van der Waals surface area (Å²) >= 11 is 0. The Balaban J connectivity index is 1.60. The van der Waals surface area contributed by atoms with Gasteiger partial charge in [0.05, 0.1) is 12.5 Å². The Morgan fingerprint density at radius 1 is 1.04 bits per heavy atom. The number of benzene rings is 2. The maximum Gasteiger partial charge on any atom is 0.319 e. The molecule has 7 nitrogen and oxygen atoms in total. The Morgan fingerprint density at radius 2 is 1.75 bits per heavy atom. The SMILES string of the molecule is O=C(O)CCNC(=O)Nc1ccc(C(=O)N2CCCC2c2ccccc2)cc1. The van der Waals surface area contributed by atoms with Gasteiger partial charge in [-0.1, -0.05) is 30.3 Å². The van der Waals surface area contributed by atoms with Crippen LogP contribution in [-0.2, 0) is 4.79 Å². The fraction of sp³-hybridized carbons (Fsp3) is 0.286. The lowest BCUT2D eigenvalue weighted by Crippen LogP contribution is -2.31. The van der Waals surface area contributed by atoms with E-state index in [0.717, 1.165) is 24.9 Å². The number of amides is 3. The summed E-state index contributed by atoms with van der Waals surface area (Å²) in [6, 6.07) is 16.3. The van der Waals surface area contributed by atoms with Crippen LogP contribution in [0.25, 0.3) is 0 Å². The van der Waals surface area contributed by atoms with Crippen molar-refractivity contribution in [1.82, 2.24) is 10.2 Å². The molecule has 1 heterocycles. The van der Waals surface area contributed by atoms with Crippen LogP contribution < -0.4 is 10.6 Å². The smallest absolute Gasteiger partial charge is 0.319 e. The molecule has 2 aromatic rings. The first-order valence-corrected chi connectivity index (χ1v) is 9.27. The summed E-state index contributed by atoms with van der Waals surface area (Å²) in [5.74, 6) is -0.998. The molecule has 1 atom stereocenters. The number of carboxylic acids is 1. The highest BCUT2D eigenvalue weighted by molar-refractivity contribution is 5.96. The monoisotopic (exact) mass is 381 g/mol. The molecule has 0 saturated carbocycles. The van der Waals surface area contributed by atoms with Gasteiger partial charge in [-0.05, 0) is 42.7 Å². The average Bonchev–Trinajstić information content (AvgIpc) is 3.18. The number of nitrogens with one attached hydrogen (secondary N) is 2. The van der Waals surface area contributed by atoms with Crippen molar-refractivity contribution in [2.45, 2.75) is 25.3 Å². The molecule has 1 fully saturated rings. The number of rotatable bonds is 6. The fourth-order valence-electron chi connectivity index (χ4n) is 3.35. The minimum atomic E-state index is -0.973. The summed E-state index contributed by atoms with van der Waals surface area (Å²) in [5, 5.41) is 13.7. The number of hydrogen-bond donors (Lipinski definition) is 3. The maximum absolute atomic E-state index is 12.9. The molecule has 2 aromatic carbocycles. The van der Waals surface area contributed by atoms with Gasteiger partial charge in [0.1, 0.15) is 0 Å². The first-order valence-electron chi connectivity index (χ1n) is 9.27. The van der Waals surface area contributed by atoms with Gasteiger partial charge < -0.3 is 20.6 Å². The molecular weight excluding hydrogens is 358 g/mol. The van der Waals surface area contributed by atoms with Crippen molar-refractivity contribution in [3.05, 3.63) is 65.7 Å². The molecule has 3 amide bonds. The molecule has 3 rings (SSSR count). The molecule has 0 spiro atoms. The summed E-state index contributed by atoms with van der Waals surface area (Å²) < 4.78 is 0. The summed E-state index contributed by atoms with van der Waals surface area (Å²) in [4.78, 5) is 37.0. The molecule has 0 bridgehead atoms. The van der Waals surface area contributed by atoms with E-state index in [-0.39, 0.29) is 24.9 Å². The van der Waals surface area contributed by atoms with Crippen LogP contribution in [0, 0.1) is 0 Å². The number of carboxylic acid groups (broad SMARTS) is 1. The van der Waals surface area contributed by atoms with E-state index in [1.165, 1.54) is 0 Å². The van der Waals surface area contributed by atoms with Gasteiger partial charge in [0.15, 0.2) is 0 Å². The van der Waals surface area contributed by atoms with Crippen LogP contribution in [0.15, 0.2) is 54.6 Å². The van der Waals surface area contributed by atoms with Crippen molar-refractivity contribution >= 4 is 23.6 Å². The van der Waals surface area contributed by atoms with Gasteiger partial charge >= 0.3 is 12.0 Å². The number of aliphatic carboxylic acids is 1. The van der Waals surface area contributed by atoms with E-state index in [9.17, 15) is 14.4 Å². The Hall–Kier alpha value is -3.35. The van der Waals surface area contributed by atoms with Crippen LogP contribution >= 0.6 is 0 Å². The zero-order valence-electron chi connectivity index (χ0n) is 15.4. The van der Waals surface area contributed by atoms with E-state index in [2.05, 4.69) is 10.6 Å². The van der Waals surface area contributed by atoms with Gasteiger partial charge in [-0.15, -0.1) is 0 Å². The van der Waals surface area contributed by atoms with Crippen LogP contribution in [0.2, 0.25) is 0 Å². The lowest BCUT2D eigenvalue weighted by molar-refractivity contribution is -0.136. The van der Waals surface area contributed by atoms with Gasteiger partial charge in [-0.3, -0.25) is 9.59 Å². The van der Waals surface area contributed by atoms with Gasteiger partial charge in [-0.2, -0.15) is 0 Å². The molecule has 146 valence electrons. The number of carbonyl (C=O) groups excluding carboxylic acids is 2. The average molecular weight is 381 g/mol. The van der Waals surface area contributed by atoms with Crippen molar-refractivity contribution in [3.8, 4) is 0 Å². The second-order valence-corrected chi connectivity index (χ2v) is 6.67. The van der Waals surface area contributed by atoms with Crippen molar-refractivity contribution in [1.29, 1.82) is 0 Å². The third kappa shape index (κ3) is 4.88. The molecule has 7 heteroatoms. The number of anilines is 1. The minimum Gasteiger partial charge on any atom is -0.481 e. The van der Waals surface area contributed by atoms with Crippen molar-refractivity contribution < 1.29 is 19.5 Å². The third-order valence-electron chi connectivity index (χ3n) is 4.71. The molecule has 3 N–H and O–H groups in total. The van der Waals surface area contributed by atoms with Gasteiger partial charge in [0.25, 0.3) is 5.91 Å². The number of nitrogens with zero attached hydrogens (tertiary/aromatic N) is 1. The van der Waals surface area contributed by atoms with Crippen LogP contribution in [0.4, 0.5) is 10.5 Å². The number of urea groups is 1. The van der Waals surface area contributed by atoms with E-state index in [1.54, 1.807) is 24.3 Å². The van der Waals surface area contributed by atoms with Gasteiger partial charge in [0.2, 0.25) is 0 Å². The number of hydrogen-bond acceptors (Lipinski definition) is 3. The second kappa shape index (κ2) is 9.03. The Bertz CT molecular complexity index is 836. The maximum atomic E-state index is 12.9.